The Morgan fingerprint density at radius 1 is 1.27 bits per heavy atom. The van der Waals surface area contributed by atoms with Crippen molar-refractivity contribution < 1.29 is 0 Å². The van der Waals surface area contributed by atoms with E-state index in [1.807, 2.05) is 12.1 Å². The lowest BCUT2D eigenvalue weighted by atomic mass is 10.1. The van der Waals surface area contributed by atoms with Crippen LogP contribution in [0.3, 0.4) is 0 Å². The van der Waals surface area contributed by atoms with Gasteiger partial charge in [-0.1, -0.05) is 0 Å². The summed E-state index contributed by atoms with van der Waals surface area (Å²) in [4.78, 5) is 1.12. The third-order valence-corrected chi connectivity index (χ3v) is 3.62. The molecule has 0 saturated carbocycles. The molecule has 0 atom stereocenters. The summed E-state index contributed by atoms with van der Waals surface area (Å²) >= 11 is 1.57. The normalized spacial score (nSPS) is 15.2. The number of nitrogens with zero attached hydrogens (tertiary/aromatic N) is 3. The van der Waals surface area contributed by atoms with Crippen LogP contribution in [0.2, 0.25) is 0 Å². The first-order valence-corrected chi connectivity index (χ1v) is 5.94. The highest BCUT2D eigenvalue weighted by Crippen LogP contribution is 2.30. The van der Waals surface area contributed by atoms with Gasteiger partial charge in [-0.3, -0.25) is 0 Å². The number of anilines is 1. The standard InChI is InChI=1S/C10H12N4S/c11-8-5-4-7(15-8)10-13-12-9-3-1-2-6-14(9)10/h4-5H,1-3,6,11H2. The summed E-state index contributed by atoms with van der Waals surface area (Å²) < 4.78 is 2.22. The van der Waals surface area contributed by atoms with Crippen molar-refractivity contribution in [2.75, 3.05) is 5.73 Å². The molecule has 0 spiro atoms. The molecule has 0 fully saturated rings. The first-order valence-electron chi connectivity index (χ1n) is 5.12. The van der Waals surface area contributed by atoms with Crippen molar-refractivity contribution >= 4 is 16.3 Å². The number of nitrogens with two attached hydrogens (primary N) is 1. The van der Waals surface area contributed by atoms with Crippen molar-refractivity contribution in [3.63, 3.8) is 0 Å². The highest BCUT2D eigenvalue weighted by atomic mass is 32.1. The molecule has 2 N–H and O–H groups in total. The Morgan fingerprint density at radius 3 is 3.00 bits per heavy atom. The van der Waals surface area contributed by atoms with Gasteiger partial charge in [0.2, 0.25) is 0 Å². The second-order valence-corrected chi connectivity index (χ2v) is 4.87. The third kappa shape index (κ3) is 1.43. The number of aryl methyl sites for hydroxylation is 1. The quantitative estimate of drug-likeness (QED) is 0.798. The first kappa shape index (κ1) is 8.91. The van der Waals surface area contributed by atoms with Crippen LogP contribution in [0.25, 0.3) is 10.7 Å². The smallest absolute Gasteiger partial charge is 0.174 e. The van der Waals surface area contributed by atoms with Gasteiger partial charge in [-0.25, -0.2) is 0 Å². The van der Waals surface area contributed by atoms with E-state index in [-0.39, 0.29) is 0 Å². The highest BCUT2D eigenvalue weighted by Gasteiger charge is 2.17. The molecule has 0 radical (unpaired) electrons. The molecule has 0 amide bonds. The second kappa shape index (κ2) is 3.34. The summed E-state index contributed by atoms with van der Waals surface area (Å²) in [6, 6.07) is 3.94. The van der Waals surface area contributed by atoms with Crippen LogP contribution in [0, 0.1) is 0 Å². The van der Waals surface area contributed by atoms with E-state index in [1.165, 1.54) is 12.8 Å². The van der Waals surface area contributed by atoms with Crippen LogP contribution in [0.5, 0.6) is 0 Å². The number of rotatable bonds is 1. The van der Waals surface area contributed by atoms with E-state index < -0.39 is 0 Å². The van der Waals surface area contributed by atoms with Crippen molar-refractivity contribution in [1.82, 2.24) is 14.8 Å². The second-order valence-electron chi connectivity index (χ2n) is 3.75. The minimum atomic E-state index is 0.832. The van der Waals surface area contributed by atoms with Crippen molar-refractivity contribution in [2.24, 2.45) is 0 Å². The van der Waals surface area contributed by atoms with Gasteiger partial charge in [0.1, 0.15) is 5.82 Å². The van der Waals surface area contributed by atoms with Gasteiger partial charge in [0, 0.05) is 13.0 Å². The van der Waals surface area contributed by atoms with Gasteiger partial charge >= 0.3 is 0 Å². The minimum absolute atomic E-state index is 0.832. The molecule has 0 unspecified atom stereocenters. The van der Waals surface area contributed by atoms with Gasteiger partial charge in [0.05, 0.1) is 9.88 Å². The Bertz CT molecular complexity index is 485. The van der Waals surface area contributed by atoms with Gasteiger partial charge in [-0.2, -0.15) is 0 Å². The first-order chi connectivity index (χ1) is 7.34. The zero-order chi connectivity index (χ0) is 10.3. The molecular formula is C10H12N4S. The zero-order valence-corrected chi connectivity index (χ0v) is 9.13. The van der Waals surface area contributed by atoms with Crippen molar-refractivity contribution in [3.05, 3.63) is 18.0 Å². The number of hydrogen-bond acceptors (Lipinski definition) is 4. The van der Waals surface area contributed by atoms with Crippen molar-refractivity contribution in [1.29, 1.82) is 0 Å². The van der Waals surface area contributed by atoms with E-state index in [4.69, 9.17) is 5.73 Å². The molecular weight excluding hydrogens is 208 g/mol. The Labute approximate surface area is 91.7 Å². The maximum atomic E-state index is 5.72. The summed E-state index contributed by atoms with van der Waals surface area (Å²) in [7, 11) is 0. The summed E-state index contributed by atoms with van der Waals surface area (Å²) in [5.74, 6) is 2.09. The van der Waals surface area contributed by atoms with E-state index in [2.05, 4.69) is 14.8 Å². The molecule has 78 valence electrons. The highest BCUT2D eigenvalue weighted by molar-refractivity contribution is 7.19. The Hall–Kier alpha value is -1.36. The molecule has 1 aliphatic rings. The predicted octanol–water partition coefficient (Wildman–Crippen LogP) is 1.93. The molecule has 5 heteroatoms. The molecule has 0 aliphatic carbocycles. The topological polar surface area (TPSA) is 56.7 Å². The van der Waals surface area contributed by atoms with Crippen LogP contribution in [0.15, 0.2) is 12.1 Å². The van der Waals surface area contributed by atoms with Gasteiger partial charge in [-0.15, -0.1) is 21.5 Å². The number of hydrogen-bond donors (Lipinski definition) is 1. The molecule has 2 aromatic heterocycles. The van der Waals surface area contributed by atoms with Crippen molar-refractivity contribution in [2.45, 2.75) is 25.8 Å². The van der Waals surface area contributed by atoms with Crippen LogP contribution >= 0.6 is 11.3 Å². The Balaban J connectivity index is 2.08. The average Bonchev–Trinajstić information content (AvgIpc) is 2.83. The van der Waals surface area contributed by atoms with Crippen LogP contribution in [-0.2, 0) is 13.0 Å². The molecule has 0 aromatic carbocycles. The lowest BCUT2D eigenvalue weighted by Gasteiger charge is -2.13. The van der Waals surface area contributed by atoms with Crippen molar-refractivity contribution in [3.8, 4) is 10.7 Å². The lowest BCUT2D eigenvalue weighted by Crippen LogP contribution is -2.11. The van der Waals surface area contributed by atoms with Gasteiger partial charge in [-0.05, 0) is 25.0 Å². The van der Waals surface area contributed by atoms with Gasteiger partial charge in [0.15, 0.2) is 5.82 Å². The molecule has 0 bridgehead atoms. The van der Waals surface area contributed by atoms with Crippen LogP contribution in [-0.4, -0.2) is 14.8 Å². The van der Waals surface area contributed by atoms with Gasteiger partial charge in [0.25, 0.3) is 0 Å². The fourth-order valence-electron chi connectivity index (χ4n) is 1.96. The summed E-state index contributed by atoms with van der Waals surface area (Å²) in [5.41, 5.74) is 5.72. The van der Waals surface area contributed by atoms with Crippen LogP contribution < -0.4 is 5.73 Å². The maximum absolute atomic E-state index is 5.72. The summed E-state index contributed by atoms with van der Waals surface area (Å²) in [5, 5.41) is 9.30. The number of nitrogen functional groups attached to an aromatic ring is 1. The molecule has 3 heterocycles. The van der Waals surface area contributed by atoms with E-state index in [0.29, 0.717) is 0 Å². The molecule has 0 saturated heterocycles. The fourth-order valence-corrected chi connectivity index (χ4v) is 2.73. The monoisotopic (exact) mass is 220 g/mol. The Kier molecular flexibility index (Phi) is 1.98. The Morgan fingerprint density at radius 2 is 2.20 bits per heavy atom. The number of fused-ring (bicyclic) bond motifs is 1. The molecule has 3 rings (SSSR count). The summed E-state index contributed by atoms with van der Waals surface area (Å²) in [6.45, 7) is 1.04. The fraction of sp³-hybridized carbons (Fsp3) is 0.400. The third-order valence-electron chi connectivity index (χ3n) is 2.71. The minimum Gasteiger partial charge on any atom is -0.391 e. The van der Waals surface area contributed by atoms with E-state index in [0.717, 1.165) is 34.5 Å². The number of aromatic nitrogens is 3. The largest absolute Gasteiger partial charge is 0.391 e. The van der Waals surface area contributed by atoms with Crippen LogP contribution in [0.4, 0.5) is 5.00 Å². The van der Waals surface area contributed by atoms with Gasteiger partial charge < -0.3 is 10.3 Å². The molecule has 2 aromatic rings. The van der Waals surface area contributed by atoms with E-state index >= 15 is 0 Å². The number of thiophene rings is 1. The lowest BCUT2D eigenvalue weighted by molar-refractivity contribution is 0.526. The average molecular weight is 220 g/mol. The molecule has 4 nitrogen and oxygen atoms in total. The van der Waals surface area contributed by atoms with Crippen LogP contribution in [0.1, 0.15) is 18.7 Å². The van der Waals surface area contributed by atoms with E-state index in [9.17, 15) is 0 Å². The van der Waals surface area contributed by atoms with E-state index in [1.54, 1.807) is 11.3 Å². The molecule has 1 aliphatic heterocycles. The maximum Gasteiger partial charge on any atom is 0.174 e. The molecule has 15 heavy (non-hydrogen) atoms. The SMILES string of the molecule is Nc1ccc(-c2nnc3n2CCCC3)s1. The summed E-state index contributed by atoms with van der Waals surface area (Å²) in [6.07, 6.45) is 3.50. The predicted molar refractivity (Wildman–Crippen MR) is 60.7 cm³/mol. The zero-order valence-electron chi connectivity index (χ0n) is 8.31.